The SMILES string of the molecule is CCCn1c(N)c(C(=O)CNc2ccccc2Sc2ccccc2)c(=O)n(C)c1=O. The third-order valence-corrected chi connectivity index (χ3v) is 5.69. The minimum atomic E-state index is -0.677. The molecule has 8 heteroatoms. The van der Waals surface area contributed by atoms with Crippen LogP contribution in [0.4, 0.5) is 11.5 Å². The molecule has 0 saturated carbocycles. The average molecular weight is 425 g/mol. The van der Waals surface area contributed by atoms with Gasteiger partial charge in [-0.1, -0.05) is 49.0 Å². The van der Waals surface area contributed by atoms with Crippen molar-refractivity contribution in [2.45, 2.75) is 29.7 Å². The number of carbonyl (C=O) groups is 1. The van der Waals surface area contributed by atoms with Crippen molar-refractivity contribution in [3.05, 3.63) is 81.0 Å². The number of nitrogen functional groups attached to an aromatic ring is 1. The van der Waals surface area contributed by atoms with Gasteiger partial charge < -0.3 is 11.1 Å². The molecule has 0 fully saturated rings. The highest BCUT2D eigenvalue weighted by atomic mass is 32.2. The number of aromatic nitrogens is 2. The highest BCUT2D eigenvalue weighted by molar-refractivity contribution is 7.99. The Morgan fingerprint density at radius 2 is 1.73 bits per heavy atom. The van der Waals surface area contributed by atoms with Gasteiger partial charge in [0.15, 0.2) is 5.78 Å². The van der Waals surface area contributed by atoms with Crippen molar-refractivity contribution in [1.82, 2.24) is 9.13 Å². The van der Waals surface area contributed by atoms with Gasteiger partial charge in [0.1, 0.15) is 11.4 Å². The van der Waals surface area contributed by atoms with Gasteiger partial charge in [-0.05, 0) is 30.7 Å². The van der Waals surface area contributed by atoms with E-state index in [-0.39, 0.29) is 17.9 Å². The first kappa shape index (κ1) is 21.4. The van der Waals surface area contributed by atoms with Crippen molar-refractivity contribution in [1.29, 1.82) is 0 Å². The predicted molar refractivity (Wildman–Crippen MR) is 120 cm³/mol. The fraction of sp³-hybridized carbons (Fsp3) is 0.227. The van der Waals surface area contributed by atoms with Crippen LogP contribution in [0.25, 0.3) is 0 Å². The molecule has 0 saturated heterocycles. The molecule has 0 unspecified atom stereocenters. The lowest BCUT2D eigenvalue weighted by Gasteiger charge is -2.15. The molecule has 3 aromatic rings. The lowest BCUT2D eigenvalue weighted by atomic mass is 10.2. The minimum Gasteiger partial charge on any atom is -0.384 e. The van der Waals surface area contributed by atoms with E-state index in [1.165, 1.54) is 11.6 Å². The molecule has 0 bridgehead atoms. The van der Waals surface area contributed by atoms with E-state index in [4.69, 9.17) is 5.73 Å². The molecule has 0 aliphatic rings. The van der Waals surface area contributed by atoms with Crippen LogP contribution in [-0.2, 0) is 13.6 Å². The van der Waals surface area contributed by atoms with E-state index in [0.717, 1.165) is 20.0 Å². The number of para-hydroxylation sites is 1. The molecule has 1 heterocycles. The molecular formula is C22H24N4O3S. The van der Waals surface area contributed by atoms with Crippen LogP contribution < -0.4 is 22.3 Å². The third kappa shape index (κ3) is 4.49. The maximum atomic E-state index is 12.9. The zero-order chi connectivity index (χ0) is 21.7. The zero-order valence-electron chi connectivity index (χ0n) is 16.9. The van der Waals surface area contributed by atoms with Crippen molar-refractivity contribution in [2.75, 3.05) is 17.6 Å². The summed E-state index contributed by atoms with van der Waals surface area (Å²) in [5.74, 6) is -0.541. The smallest absolute Gasteiger partial charge is 0.332 e. The Morgan fingerprint density at radius 3 is 2.43 bits per heavy atom. The molecule has 156 valence electrons. The van der Waals surface area contributed by atoms with Crippen LogP contribution in [-0.4, -0.2) is 21.5 Å². The monoisotopic (exact) mass is 424 g/mol. The first-order valence-electron chi connectivity index (χ1n) is 9.62. The summed E-state index contributed by atoms with van der Waals surface area (Å²) in [7, 11) is 1.35. The molecule has 0 amide bonds. The molecule has 0 aliphatic heterocycles. The van der Waals surface area contributed by atoms with E-state index in [1.54, 1.807) is 11.8 Å². The standard InChI is InChI=1S/C22H24N4O3S/c1-3-13-26-20(23)19(21(28)25(2)22(26)29)17(27)14-24-16-11-7-8-12-18(16)30-15-9-5-4-6-10-15/h4-12,24H,3,13-14,23H2,1-2H3. The van der Waals surface area contributed by atoms with Crippen LogP contribution in [0, 0.1) is 0 Å². The van der Waals surface area contributed by atoms with Crippen molar-refractivity contribution >= 4 is 29.1 Å². The molecule has 1 aromatic heterocycles. The molecule has 0 radical (unpaired) electrons. The number of nitrogens with two attached hydrogens (primary N) is 1. The summed E-state index contributed by atoms with van der Waals surface area (Å²) in [6.45, 7) is 2.11. The second-order valence-electron chi connectivity index (χ2n) is 6.75. The maximum Gasteiger partial charge on any atom is 0.332 e. The number of Topliss-reactive ketones (excluding diaryl/α,β-unsaturated/α-hetero) is 1. The minimum absolute atomic E-state index is 0.0799. The number of nitrogens with one attached hydrogen (secondary N) is 1. The number of benzene rings is 2. The summed E-state index contributed by atoms with van der Waals surface area (Å²) in [6, 6.07) is 17.5. The van der Waals surface area contributed by atoms with Gasteiger partial charge in [-0.3, -0.25) is 18.7 Å². The van der Waals surface area contributed by atoms with E-state index in [0.29, 0.717) is 13.0 Å². The van der Waals surface area contributed by atoms with Crippen LogP contribution in [0.15, 0.2) is 74.0 Å². The topological polar surface area (TPSA) is 99.1 Å². The first-order valence-corrected chi connectivity index (χ1v) is 10.4. The van der Waals surface area contributed by atoms with Crippen molar-refractivity contribution in [3.8, 4) is 0 Å². The second-order valence-corrected chi connectivity index (χ2v) is 7.86. The molecule has 30 heavy (non-hydrogen) atoms. The third-order valence-electron chi connectivity index (χ3n) is 4.61. The van der Waals surface area contributed by atoms with Crippen LogP contribution >= 0.6 is 11.8 Å². The van der Waals surface area contributed by atoms with E-state index >= 15 is 0 Å². The van der Waals surface area contributed by atoms with E-state index < -0.39 is 17.0 Å². The Bertz CT molecular complexity index is 1170. The van der Waals surface area contributed by atoms with Crippen LogP contribution in [0.5, 0.6) is 0 Å². The average Bonchev–Trinajstić information content (AvgIpc) is 2.75. The van der Waals surface area contributed by atoms with Crippen LogP contribution in [0.2, 0.25) is 0 Å². The number of ketones is 1. The van der Waals surface area contributed by atoms with Gasteiger partial charge in [0.05, 0.1) is 6.54 Å². The summed E-state index contributed by atoms with van der Waals surface area (Å²) in [5, 5.41) is 3.11. The highest BCUT2D eigenvalue weighted by Gasteiger charge is 2.21. The number of hydrogen-bond donors (Lipinski definition) is 2. The number of hydrogen-bond acceptors (Lipinski definition) is 6. The number of carbonyl (C=O) groups excluding carboxylic acids is 1. The Balaban J connectivity index is 1.85. The summed E-state index contributed by atoms with van der Waals surface area (Å²) >= 11 is 1.57. The summed E-state index contributed by atoms with van der Waals surface area (Å²) in [5.41, 5.74) is 5.46. The molecular weight excluding hydrogens is 400 g/mol. The lowest BCUT2D eigenvalue weighted by Crippen LogP contribution is -2.43. The summed E-state index contributed by atoms with van der Waals surface area (Å²) in [4.78, 5) is 39.7. The maximum absolute atomic E-state index is 12.9. The largest absolute Gasteiger partial charge is 0.384 e. The molecule has 0 spiro atoms. The quantitative estimate of drug-likeness (QED) is 0.540. The highest BCUT2D eigenvalue weighted by Crippen LogP contribution is 2.33. The van der Waals surface area contributed by atoms with Gasteiger partial charge in [0.2, 0.25) is 0 Å². The van der Waals surface area contributed by atoms with Gasteiger partial charge in [0.25, 0.3) is 5.56 Å². The molecule has 3 N–H and O–H groups in total. The Kier molecular flexibility index (Phi) is 6.79. The lowest BCUT2D eigenvalue weighted by molar-refractivity contribution is 0.100. The number of anilines is 2. The molecule has 0 atom stereocenters. The first-order chi connectivity index (χ1) is 14.4. The van der Waals surface area contributed by atoms with Crippen LogP contribution in [0.3, 0.4) is 0 Å². The van der Waals surface area contributed by atoms with E-state index in [9.17, 15) is 14.4 Å². The number of nitrogens with zero attached hydrogens (tertiary/aromatic N) is 2. The van der Waals surface area contributed by atoms with Gasteiger partial charge >= 0.3 is 5.69 Å². The van der Waals surface area contributed by atoms with Crippen LogP contribution in [0.1, 0.15) is 23.7 Å². The molecule has 7 nitrogen and oxygen atoms in total. The second kappa shape index (κ2) is 9.49. The summed E-state index contributed by atoms with van der Waals surface area (Å²) in [6.07, 6.45) is 0.651. The summed E-state index contributed by atoms with van der Waals surface area (Å²) < 4.78 is 2.20. The van der Waals surface area contributed by atoms with Crippen molar-refractivity contribution in [2.24, 2.45) is 7.05 Å². The zero-order valence-corrected chi connectivity index (χ0v) is 17.7. The van der Waals surface area contributed by atoms with Crippen molar-refractivity contribution in [3.63, 3.8) is 0 Å². The van der Waals surface area contributed by atoms with Gasteiger partial charge in [-0.2, -0.15) is 0 Å². The van der Waals surface area contributed by atoms with E-state index in [1.807, 2.05) is 61.5 Å². The fourth-order valence-corrected chi connectivity index (χ4v) is 4.01. The normalized spacial score (nSPS) is 10.7. The van der Waals surface area contributed by atoms with Gasteiger partial charge in [0, 0.05) is 29.1 Å². The molecule has 3 rings (SSSR count). The Morgan fingerprint density at radius 1 is 1.07 bits per heavy atom. The number of rotatable bonds is 8. The van der Waals surface area contributed by atoms with Crippen molar-refractivity contribution < 1.29 is 4.79 Å². The Labute approximate surface area is 178 Å². The van der Waals surface area contributed by atoms with Gasteiger partial charge in [-0.25, -0.2) is 4.79 Å². The Hall–Kier alpha value is -3.26. The predicted octanol–water partition coefficient (Wildman–Crippen LogP) is 2.99. The molecule has 0 aliphatic carbocycles. The van der Waals surface area contributed by atoms with E-state index in [2.05, 4.69) is 5.32 Å². The molecule has 2 aromatic carbocycles. The fourth-order valence-electron chi connectivity index (χ4n) is 3.07. The van der Waals surface area contributed by atoms with Gasteiger partial charge in [-0.15, -0.1) is 0 Å².